The van der Waals surface area contributed by atoms with Crippen LogP contribution in [-0.2, 0) is 0 Å². The van der Waals surface area contributed by atoms with Gasteiger partial charge in [0.25, 0.3) is 5.91 Å². The van der Waals surface area contributed by atoms with Crippen molar-refractivity contribution in [1.29, 1.82) is 0 Å². The second-order valence-corrected chi connectivity index (χ2v) is 5.68. The summed E-state index contributed by atoms with van der Waals surface area (Å²) in [6.07, 6.45) is 0. The monoisotopic (exact) mass is 280 g/mol. The van der Waals surface area contributed by atoms with Crippen LogP contribution in [0.3, 0.4) is 0 Å². The second kappa shape index (κ2) is 5.42. The Bertz CT molecular complexity index is 566. The summed E-state index contributed by atoms with van der Waals surface area (Å²) >= 11 is 7.09. The van der Waals surface area contributed by atoms with Gasteiger partial charge in [0, 0.05) is 14.1 Å². The molecule has 0 spiro atoms. The first-order valence-corrected chi connectivity index (χ1v) is 6.60. The molecule has 18 heavy (non-hydrogen) atoms. The van der Waals surface area contributed by atoms with Crippen LogP contribution in [-0.4, -0.2) is 20.0 Å². The van der Waals surface area contributed by atoms with Crippen LogP contribution in [0.15, 0.2) is 36.4 Å². The van der Waals surface area contributed by atoms with Crippen LogP contribution in [0.5, 0.6) is 0 Å². The molecule has 0 atom stereocenters. The Morgan fingerprint density at radius 2 is 1.94 bits per heavy atom. The van der Waals surface area contributed by atoms with Crippen LogP contribution in [0.25, 0.3) is 0 Å². The largest absolute Gasteiger partial charge is 0.376 e. The van der Waals surface area contributed by atoms with E-state index in [1.807, 2.05) is 43.3 Å². The number of hydrogen-bond donors (Lipinski definition) is 1. The number of hydrogen-bond acceptors (Lipinski definition) is 3. The van der Waals surface area contributed by atoms with E-state index in [2.05, 4.69) is 5.32 Å². The van der Waals surface area contributed by atoms with Crippen molar-refractivity contribution in [3.63, 3.8) is 0 Å². The van der Waals surface area contributed by atoms with Crippen LogP contribution in [0.4, 0.5) is 11.4 Å². The molecule has 5 heteroatoms. The molecular weight excluding hydrogens is 268 g/mol. The Morgan fingerprint density at radius 1 is 1.22 bits per heavy atom. The molecule has 0 fully saturated rings. The van der Waals surface area contributed by atoms with Crippen molar-refractivity contribution in [2.24, 2.45) is 0 Å². The number of amides is 1. The minimum absolute atomic E-state index is 0.138. The summed E-state index contributed by atoms with van der Waals surface area (Å²) in [5, 5.41) is 2.89. The van der Waals surface area contributed by atoms with E-state index in [9.17, 15) is 4.79 Å². The van der Waals surface area contributed by atoms with E-state index >= 15 is 0 Å². The van der Waals surface area contributed by atoms with Gasteiger partial charge in [-0.2, -0.15) is 0 Å². The summed E-state index contributed by atoms with van der Waals surface area (Å²) in [6, 6.07) is 11.1. The Balaban J connectivity index is 2.22. The molecule has 0 saturated heterocycles. The highest BCUT2D eigenvalue weighted by molar-refractivity contribution is 7.18. The molecule has 0 aliphatic rings. The Hall–Kier alpha value is -1.52. The summed E-state index contributed by atoms with van der Waals surface area (Å²) < 4.78 is 0.612. The first kappa shape index (κ1) is 12.9. The van der Waals surface area contributed by atoms with E-state index in [0.29, 0.717) is 9.21 Å². The van der Waals surface area contributed by atoms with Gasteiger partial charge in [0.05, 0.1) is 20.6 Å². The molecular formula is C13H13ClN2OS. The molecule has 2 rings (SSSR count). The predicted molar refractivity (Wildman–Crippen MR) is 78.1 cm³/mol. The molecule has 0 unspecified atom stereocenters. The fourth-order valence-electron chi connectivity index (χ4n) is 1.59. The number of nitrogens with one attached hydrogen (secondary N) is 1. The predicted octanol–water partition coefficient (Wildman–Crippen LogP) is 3.72. The third-order valence-electron chi connectivity index (χ3n) is 2.43. The van der Waals surface area contributed by atoms with Gasteiger partial charge in [-0.05, 0) is 24.3 Å². The van der Waals surface area contributed by atoms with Crippen LogP contribution >= 0.6 is 22.9 Å². The van der Waals surface area contributed by atoms with Crippen LogP contribution < -0.4 is 10.2 Å². The fourth-order valence-corrected chi connectivity index (χ4v) is 2.53. The molecule has 0 bridgehead atoms. The lowest BCUT2D eigenvalue weighted by Gasteiger charge is -2.17. The molecule has 0 radical (unpaired) electrons. The highest BCUT2D eigenvalue weighted by Crippen LogP contribution is 2.26. The molecule has 3 nitrogen and oxygen atoms in total. The minimum Gasteiger partial charge on any atom is -0.376 e. The average Bonchev–Trinajstić information content (AvgIpc) is 2.76. The van der Waals surface area contributed by atoms with Crippen LogP contribution in [0.1, 0.15) is 9.67 Å². The van der Waals surface area contributed by atoms with Gasteiger partial charge in [-0.1, -0.05) is 23.7 Å². The second-order valence-electron chi connectivity index (χ2n) is 3.97. The van der Waals surface area contributed by atoms with Gasteiger partial charge >= 0.3 is 0 Å². The number of para-hydroxylation sites is 2. The Kier molecular flexibility index (Phi) is 3.89. The highest BCUT2D eigenvalue weighted by atomic mass is 35.5. The van der Waals surface area contributed by atoms with Gasteiger partial charge in [0.2, 0.25) is 0 Å². The number of nitrogens with zero attached hydrogens (tertiary/aromatic N) is 1. The molecule has 0 aliphatic heterocycles. The van der Waals surface area contributed by atoms with Crippen molar-refractivity contribution in [1.82, 2.24) is 0 Å². The van der Waals surface area contributed by atoms with Crippen LogP contribution in [0, 0.1) is 0 Å². The molecule has 1 aromatic carbocycles. The van der Waals surface area contributed by atoms with Crippen LogP contribution in [0.2, 0.25) is 4.34 Å². The number of anilines is 2. The van der Waals surface area contributed by atoms with Crippen molar-refractivity contribution >= 4 is 40.2 Å². The lowest BCUT2D eigenvalue weighted by molar-refractivity contribution is 0.103. The maximum absolute atomic E-state index is 12.0. The average molecular weight is 281 g/mol. The zero-order chi connectivity index (χ0) is 13.1. The molecule has 1 amide bonds. The molecule has 0 saturated carbocycles. The minimum atomic E-state index is -0.138. The summed E-state index contributed by atoms with van der Waals surface area (Å²) in [5.74, 6) is -0.138. The van der Waals surface area contributed by atoms with E-state index in [1.54, 1.807) is 12.1 Å². The number of halogens is 1. The fraction of sp³-hybridized carbons (Fsp3) is 0.154. The Morgan fingerprint density at radius 3 is 2.56 bits per heavy atom. The van der Waals surface area contributed by atoms with Crippen molar-refractivity contribution in [2.75, 3.05) is 24.3 Å². The number of rotatable bonds is 3. The van der Waals surface area contributed by atoms with Crippen molar-refractivity contribution in [3.8, 4) is 0 Å². The molecule has 0 aliphatic carbocycles. The van der Waals surface area contributed by atoms with E-state index < -0.39 is 0 Å². The number of carbonyl (C=O) groups is 1. The highest BCUT2D eigenvalue weighted by Gasteiger charge is 2.11. The van der Waals surface area contributed by atoms with Gasteiger partial charge in [-0.25, -0.2) is 0 Å². The molecule has 2 aromatic rings. The van der Waals surface area contributed by atoms with Crippen molar-refractivity contribution in [3.05, 3.63) is 45.6 Å². The number of thiophene rings is 1. The van der Waals surface area contributed by atoms with E-state index in [1.165, 1.54) is 11.3 Å². The summed E-state index contributed by atoms with van der Waals surface area (Å²) in [6.45, 7) is 0. The van der Waals surface area contributed by atoms with Gasteiger partial charge in [0.15, 0.2) is 0 Å². The van der Waals surface area contributed by atoms with E-state index in [4.69, 9.17) is 11.6 Å². The van der Waals surface area contributed by atoms with Crippen molar-refractivity contribution < 1.29 is 4.79 Å². The quantitative estimate of drug-likeness (QED) is 0.929. The molecule has 1 heterocycles. The van der Waals surface area contributed by atoms with E-state index in [-0.39, 0.29) is 5.91 Å². The van der Waals surface area contributed by atoms with Gasteiger partial charge < -0.3 is 10.2 Å². The number of carbonyl (C=O) groups excluding carboxylic acids is 1. The first-order valence-electron chi connectivity index (χ1n) is 5.41. The summed E-state index contributed by atoms with van der Waals surface area (Å²) in [5.41, 5.74) is 1.76. The topological polar surface area (TPSA) is 32.3 Å². The first-order chi connectivity index (χ1) is 8.58. The third-order valence-corrected chi connectivity index (χ3v) is 3.66. The normalized spacial score (nSPS) is 10.2. The zero-order valence-corrected chi connectivity index (χ0v) is 11.7. The maximum Gasteiger partial charge on any atom is 0.265 e. The SMILES string of the molecule is CN(C)c1ccccc1NC(=O)c1ccc(Cl)s1. The standard InChI is InChI=1S/C13H13ClN2OS/c1-16(2)10-6-4-3-5-9(10)15-13(17)11-7-8-12(14)18-11/h3-8H,1-2H3,(H,15,17). The van der Waals surface area contributed by atoms with E-state index in [0.717, 1.165) is 11.4 Å². The lowest BCUT2D eigenvalue weighted by atomic mass is 10.2. The molecule has 1 N–H and O–H groups in total. The van der Waals surface area contributed by atoms with Gasteiger partial charge in [0.1, 0.15) is 0 Å². The maximum atomic E-state index is 12.0. The Labute approximate surface area is 115 Å². The number of benzene rings is 1. The molecule has 94 valence electrons. The van der Waals surface area contributed by atoms with Gasteiger partial charge in [-0.3, -0.25) is 4.79 Å². The summed E-state index contributed by atoms with van der Waals surface area (Å²) in [7, 11) is 3.87. The van der Waals surface area contributed by atoms with Crippen molar-refractivity contribution in [2.45, 2.75) is 0 Å². The molecule has 1 aromatic heterocycles. The van der Waals surface area contributed by atoms with Gasteiger partial charge in [-0.15, -0.1) is 11.3 Å². The summed E-state index contributed by atoms with van der Waals surface area (Å²) in [4.78, 5) is 14.6. The zero-order valence-electron chi connectivity index (χ0n) is 10.1. The smallest absolute Gasteiger partial charge is 0.265 e. The third kappa shape index (κ3) is 2.83. The lowest BCUT2D eigenvalue weighted by Crippen LogP contribution is -2.15.